The van der Waals surface area contributed by atoms with Crippen LogP contribution < -0.4 is 10.6 Å². The maximum atomic E-state index is 6.07. The highest BCUT2D eigenvalue weighted by atomic mass is 15.2. The molecular formula is C16H25N3. The van der Waals surface area contributed by atoms with Crippen LogP contribution in [0, 0.1) is 5.41 Å². The van der Waals surface area contributed by atoms with Gasteiger partial charge in [-0.15, -0.1) is 0 Å². The van der Waals surface area contributed by atoms with Crippen molar-refractivity contribution in [3.8, 4) is 0 Å². The largest absolute Gasteiger partial charge is 0.356 e. The van der Waals surface area contributed by atoms with Crippen LogP contribution in [0.3, 0.4) is 0 Å². The van der Waals surface area contributed by atoms with E-state index in [1.165, 1.54) is 44.1 Å². The van der Waals surface area contributed by atoms with Gasteiger partial charge in [-0.25, -0.2) is 4.98 Å². The van der Waals surface area contributed by atoms with Crippen molar-refractivity contribution in [3.63, 3.8) is 0 Å². The number of anilines is 1. The second kappa shape index (κ2) is 5.12. The molecule has 1 aliphatic carbocycles. The average molecular weight is 259 g/mol. The number of nitrogens with zero attached hydrogens (tertiary/aromatic N) is 2. The predicted octanol–water partition coefficient (Wildman–Crippen LogP) is 3.26. The molecule has 1 aliphatic heterocycles. The van der Waals surface area contributed by atoms with E-state index >= 15 is 0 Å². The van der Waals surface area contributed by atoms with Gasteiger partial charge >= 0.3 is 0 Å². The van der Waals surface area contributed by atoms with Gasteiger partial charge in [0.05, 0.1) is 0 Å². The Balaban J connectivity index is 1.75. The van der Waals surface area contributed by atoms with Crippen LogP contribution in [0.25, 0.3) is 0 Å². The zero-order valence-corrected chi connectivity index (χ0v) is 11.9. The summed E-state index contributed by atoms with van der Waals surface area (Å²) in [4.78, 5) is 7.03. The molecule has 1 atom stereocenters. The van der Waals surface area contributed by atoms with Gasteiger partial charge in [0.2, 0.25) is 0 Å². The summed E-state index contributed by atoms with van der Waals surface area (Å²) in [5, 5.41) is 0. The molecule has 0 bridgehead atoms. The lowest BCUT2D eigenvalue weighted by molar-refractivity contribution is 0.226. The lowest BCUT2D eigenvalue weighted by Gasteiger charge is -2.40. The number of aromatic nitrogens is 1. The van der Waals surface area contributed by atoms with Gasteiger partial charge in [0.25, 0.3) is 0 Å². The first-order valence-corrected chi connectivity index (χ1v) is 7.66. The molecule has 1 aromatic heterocycles. The number of pyridine rings is 1. The Labute approximate surface area is 116 Å². The second-order valence-corrected chi connectivity index (χ2v) is 6.40. The molecule has 3 rings (SSSR count). The summed E-state index contributed by atoms with van der Waals surface area (Å²) < 4.78 is 0. The van der Waals surface area contributed by atoms with E-state index in [1.807, 2.05) is 19.2 Å². The average Bonchev–Trinajstić information content (AvgIpc) is 2.88. The molecule has 1 aromatic rings. The third kappa shape index (κ3) is 2.48. The number of hydrogen-bond donors (Lipinski definition) is 1. The molecule has 1 saturated heterocycles. The molecule has 2 aliphatic rings. The summed E-state index contributed by atoms with van der Waals surface area (Å²) in [7, 11) is 0. The van der Waals surface area contributed by atoms with E-state index < -0.39 is 0 Å². The normalized spacial score (nSPS) is 23.8. The molecule has 2 heterocycles. The number of piperidine rings is 1. The van der Waals surface area contributed by atoms with E-state index in [1.54, 1.807) is 0 Å². The van der Waals surface area contributed by atoms with Gasteiger partial charge in [0.1, 0.15) is 5.82 Å². The first-order valence-electron chi connectivity index (χ1n) is 7.66. The third-order valence-corrected chi connectivity index (χ3v) is 5.10. The monoisotopic (exact) mass is 259 g/mol. The molecule has 1 spiro atoms. The Hall–Kier alpha value is -1.09. The van der Waals surface area contributed by atoms with Gasteiger partial charge in [-0.3, -0.25) is 0 Å². The van der Waals surface area contributed by atoms with Crippen LogP contribution >= 0.6 is 0 Å². The van der Waals surface area contributed by atoms with Crippen LogP contribution in [0.2, 0.25) is 0 Å². The maximum absolute atomic E-state index is 6.07. The first-order chi connectivity index (χ1) is 9.20. The van der Waals surface area contributed by atoms with Crippen LogP contribution in [0.4, 0.5) is 5.82 Å². The topological polar surface area (TPSA) is 42.1 Å². The van der Waals surface area contributed by atoms with Crippen molar-refractivity contribution in [1.82, 2.24) is 4.98 Å². The summed E-state index contributed by atoms with van der Waals surface area (Å²) in [6.45, 7) is 4.34. The molecule has 2 fully saturated rings. The fourth-order valence-electron chi connectivity index (χ4n) is 3.85. The third-order valence-electron chi connectivity index (χ3n) is 5.10. The van der Waals surface area contributed by atoms with Gasteiger partial charge in [-0.1, -0.05) is 18.9 Å². The van der Waals surface area contributed by atoms with Crippen LogP contribution in [-0.4, -0.2) is 18.1 Å². The Bertz CT molecular complexity index is 425. The fourth-order valence-corrected chi connectivity index (χ4v) is 3.85. The van der Waals surface area contributed by atoms with Gasteiger partial charge < -0.3 is 10.6 Å². The van der Waals surface area contributed by atoms with Gasteiger partial charge in [0, 0.05) is 30.9 Å². The summed E-state index contributed by atoms with van der Waals surface area (Å²) >= 11 is 0. The molecule has 2 N–H and O–H groups in total. The Kier molecular flexibility index (Phi) is 3.48. The molecule has 0 aromatic carbocycles. The van der Waals surface area contributed by atoms with E-state index in [-0.39, 0.29) is 6.04 Å². The van der Waals surface area contributed by atoms with E-state index in [0.717, 1.165) is 18.9 Å². The van der Waals surface area contributed by atoms with Crippen LogP contribution in [-0.2, 0) is 0 Å². The maximum Gasteiger partial charge on any atom is 0.133 e. The Morgan fingerprint density at radius 2 is 1.89 bits per heavy atom. The van der Waals surface area contributed by atoms with E-state index in [0.29, 0.717) is 5.41 Å². The lowest BCUT2D eigenvalue weighted by atomic mass is 9.77. The molecule has 3 nitrogen and oxygen atoms in total. The van der Waals surface area contributed by atoms with Gasteiger partial charge in [0.15, 0.2) is 0 Å². The quantitative estimate of drug-likeness (QED) is 0.886. The first kappa shape index (κ1) is 12.9. The van der Waals surface area contributed by atoms with Crippen molar-refractivity contribution >= 4 is 5.82 Å². The number of hydrogen-bond acceptors (Lipinski definition) is 3. The van der Waals surface area contributed by atoms with E-state index in [9.17, 15) is 0 Å². The Morgan fingerprint density at radius 3 is 2.53 bits per heavy atom. The van der Waals surface area contributed by atoms with E-state index in [4.69, 9.17) is 5.73 Å². The molecule has 19 heavy (non-hydrogen) atoms. The van der Waals surface area contributed by atoms with E-state index in [2.05, 4.69) is 16.0 Å². The van der Waals surface area contributed by atoms with Gasteiger partial charge in [-0.05, 0) is 44.1 Å². The standard InChI is InChI=1S/C16H25N3/c1-13(17)14-5-4-10-18-15(14)19-11-8-16(9-12-19)6-2-3-7-16/h4-5,10,13H,2-3,6-9,11-12,17H2,1H3. The predicted molar refractivity (Wildman–Crippen MR) is 79.2 cm³/mol. The highest BCUT2D eigenvalue weighted by Crippen LogP contribution is 2.46. The molecule has 1 unspecified atom stereocenters. The minimum atomic E-state index is 0.0612. The molecule has 104 valence electrons. The summed E-state index contributed by atoms with van der Waals surface area (Å²) in [6.07, 6.45) is 10.3. The van der Waals surface area contributed by atoms with Gasteiger partial charge in [-0.2, -0.15) is 0 Å². The summed E-state index contributed by atoms with van der Waals surface area (Å²) in [5.74, 6) is 1.12. The Morgan fingerprint density at radius 1 is 1.21 bits per heavy atom. The minimum Gasteiger partial charge on any atom is -0.356 e. The highest BCUT2D eigenvalue weighted by Gasteiger charge is 2.37. The smallest absolute Gasteiger partial charge is 0.133 e. The highest BCUT2D eigenvalue weighted by molar-refractivity contribution is 5.48. The van der Waals surface area contributed by atoms with Crippen LogP contribution in [0.5, 0.6) is 0 Å². The van der Waals surface area contributed by atoms with Crippen molar-refractivity contribution in [1.29, 1.82) is 0 Å². The second-order valence-electron chi connectivity index (χ2n) is 6.40. The van der Waals surface area contributed by atoms with Crippen molar-refractivity contribution < 1.29 is 0 Å². The zero-order valence-electron chi connectivity index (χ0n) is 11.9. The number of rotatable bonds is 2. The minimum absolute atomic E-state index is 0.0612. The summed E-state index contributed by atoms with van der Waals surface area (Å²) in [5.41, 5.74) is 7.92. The van der Waals surface area contributed by atoms with Crippen molar-refractivity contribution in [2.24, 2.45) is 11.1 Å². The SMILES string of the molecule is CC(N)c1cccnc1N1CCC2(CCCC2)CC1. The zero-order chi connectivity index (χ0) is 13.3. The molecule has 3 heteroatoms. The van der Waals surface area contributed by atoms with Crippen molar-refractivity contribution in [3.05, 3.63) is 23.9 Å². The fraction of sp³-hybridized carbons (Fsp3) is 0.688. The molecule has 1 saturated carbocycles. The molecule has 0 radical (unpaired) electrons. The van der Waals surface area contributed by atoms with Crippen LogP contribution in [0.1, 0.15) is 57.1 Å². The van der Waals surface area contributed by atoms with Crippen molar-refractivity contribution in [2.75, 3.05) is 18.0 Å². The van der Waals surface area contributed by atoms with Crippen LogP contribution in [0.15, 0.2) is 18.3 Å². The summed E-state index contributed by atoms with van der Waals surface area (Å²) in [6, 6.07) is 4.17. The number of nitrogens with two attached hydrogens (primary N) is 1. The lowest BCUT2D eigenvalue weighted by Crippen LogP contribution is -2.40. The molecule has 0 amide bonds. The van der Waals surface area contributed by atoms with Crippen molar-refractivity contribution in [2.45, 2.75) is 51.5 Å². The molecular weight excluding hydrogens is 234 g/mol.